The average Bonchev–Trinajstić information content (AvgIpc) is 2.61. The average molecular weight is 389 g/mol. The van der Waals surface area contributed by atoms with Gasteiger partial charge in [0.1, 0.15) is 11.6 Å². The van der Waals surface area contributed by atoms with Gasteiger partial charge in [0, 0.05) is 28.4 Å². The van der Waals surface area contributed by atoms with Gasteiger partial charge in [-0.3, -0.25) is 0 Å². The lowest BCUT2D eigenvalue weighted by atomic mass is 10.2. The van der Waals surface area contributed by atoms with Crippen LogP contribution in [0.25, 0.3) is 0 Å². The van der Waals surface area contributed by atoms with Gasteiger partial charge in [-0.2, -0.15) is 4.98 Å². The van der Waals surface area contributed by atoms with Gasteiger partial charge in [-0.25, -0.2) is 4.98 Å². The zero-order valence-electron chi connectivity index (χ0n) is 14.4. The SMILES string of the molecule is COc1ccc(Cl)cc1Nc1nc(C)cc(NCc2ccc(Cl)cc2)n1. The van der Waals surface area contributed by atoms with E-state index in [1.54, 1.807) is 25.3 Å². The summed E-state index contributed by atoms with van der Waals surface area (Å²) in [6, 6.07) is 14.9. The van der Waals surface area contributed by atoms with E-state index >= 15 is 0 Å². The number of halogens is 2. The van der Waals surface area contributed by atoms with Crippen LogP contribution in [0, 0.1) is 6.92 Å². The van der Waals surface area contributed by atoms with Gasteiger partial charge in [0.15, 0.2) is 0 Å². The molecule has 3 aromatic rings. The Kier molecular flexibility index (Phi) is 5.81. The Labute approximate surface area is 162 Å². The van der Waals surface area contributed by atoms with Crippen molar-refractivity contribution >= 4 is 40.7 Å². The fourth-order valence-electron chi connectivity index (χ4n) is 2.41. The Morgan fingerprint density at radius 1 is 0.962 bits per heavy atom. The summed E-state index contributed by atoms with van der Waals surface area (Å²) in [7, 11) is 1.60. The van der Waals surface area contributed by atoms with Gasteiger partial charge in [0.25, 0.3) is 0 Å². The number of methoxy groups -OCH3 is 1. The molecule has 7 heteroatoms. The number of aryl methyl sites for hydroxylation is 1. The second-order valence-corrected chi connectivity index (χ2v) is 6.54. The zero-order chi connectivity index (χ0) is 18.5. The van der Waals surface area contributed by atoms with Crippen LogP contribution in [0.4, 0.5) is 17.5 Å². The molecule has 0 saturated carbocycles. The predicted molar refractivity (Wildman–Crippen MR) is 107 cm³/mol. The number of benzene rings is 2. The van der Waals surface area contributed by atoms with E-state index in [9.17, 15) is 0 Å². The van der Waals surface area contributed by atoms with E-state index in [1.807, 2.05) is 37.3 Å². The fourth-order valence-corrected chi connectivity index (χ4v) is 2.71. The first-order valence-corrected chi connectivity index (χ1v) is 8.73. The molecule has 3 rings (SSSR count). The molecule has 2 N–H and O–H groups in total. The highest BCUT2D eigenvalue weighted by atomic mass is 35.5. The number of anilines is 3. The normalized spacial score (nSPS) is 10.5. The molecule has 2 aromatic carbocycles. The van der Waals surface area contributed by atoms with Gasteiger partial charge in [0.2, 0.25) is 5.95 Å². The molecule has 0 bridgehead atoms. The van der Waals surface area contributed by atoms with E-state index in [0.29, 0.717) is 34.0 Å². The minimum absolute atomic E-state index is 0.462. The highest BCUT2D eigenvalue weighted by molar-refractivity contribution is 6.31. The Balaban J connectivity index is 1.77. The van der Waals surface area contributed by atoms with E-state index in [1.165, 1.54) is 0 Å². The molecule has 0 aliphatic heterocycles. The molecular formula is C19H18Cl2N4O. The molecule has 5 nitrogen and oxygen atoms in total. The molecule has 0 aliphatic carbocycles. The van der Waals surface area contributed by atoms with Crippen LogP contribution >= 0.6 is 23.2 Å². The number of ether oxygens (including phenoxy) is 1. The number of aromatic nitrogens is 2. The molecular weight excluding hydrogens is 371 g/mol. The summed E-state index contributed by atoms with van der Waals surface area (Å²) >= 11 is 12.0. The number of hydrogen-bond donors (Lipinski definition) is 2. The molecule has 0 aliphatic rings. The molecule has 0 atom stereocenters. The number of rotatable bonds is 6. The van der Waals surface area contributed by atoms with Crippen molar-refractivity contribution in [2.75, 3.05) is 17.7 Å². The Bertz CT molecular complexity index is 901. The van der Waals surface area contributed by atoms with E-state index < -0.39 is 0 Å². The second kappa shape index (κ2) is 8.25. The standard InChI is InChI=1S/C19H18Cl2N4O/c1-12-9-18(22-11-13-3-5-14(20)6-4-13)25-19(23-12)24-16-10-15(21)7-8-17(16)26-2/h3-10H,11H2,1-2H3,(H2,22,23,24,25). The van der Waals surface area contributed by atoms with Gasteiger partial charge < -0.3 is 15.4 Å². The molecule has 26 heavy (non-hydrogen) atoms. The van der Waals surface area contributed by atoms with Crippen molar-refractivity contribution in [3.05, 3.63) is 69.8 Å². The maximum Gasteiger partial charge on any atom is 0.229 e. The zero-order valence-corrected chi connectivity index (χ0v) is 15.9. The Morgan fingerprint density at radius 3 is 2.42 bits per heavy atom. The molecule has 0 amide bonds. The summed E-state index contributed by atoms with van der Waals surface area (Å²) in [5, 5.41) is 7.77. The lowest BCUT2D eigenvalue weighted by molar-refractivity contribution is 0.417. The summed E-state index contributed by atoms with van der Waals surface area (Å²) in [5.74, 6) is 1.84. The van der Waals surface area contributed by atoms with Gasteiger partial charge in [-0.05, 0) is 42.8 Å². The van der Waals surface area contributed by atoms with Crippen molar-refractivity contribution in [1.82, 2.24) is 9.97 Å². The molecule has 1 heterocycles. The quantitative estimate of drug-likeness (QED) is 0.587. The van der Waals surface area contributed by atoms with E-state index in [0.717, 1.165) is 17.1 Å². The van der Waals surface area contributed by atoms with Crippen LogP contribution in [0.2, 0.25) is 10.0 Å². The first kappa shape index (κ1) is 18.3. The van der Waals surface area contributed by atoms with Gasteiger partial charge in [0.05, 0.1) is 12.8 Å². The summed E-state index contributed by atoms with van der Waals surface area (Å²) in [5.41, 5.74) is 2.65. The monoisotopic (exact) mass is 388 g/mol. The lowest BCUT2D eigenvalue weighted by Crippen LogP contribution is -2.06. The molecule has 0 spiro atoms. The molecule has 0 radical (unpaired) electrons. The number of nitrogens with zero attached hydrogens (tertiary/aromatic N) is 2. The molecule has 0 saturated heterocycles. The van der Waals surface area contributed by atoms with Crippen LogP contribution < -0.4 is 15.4 Å². The van der Waals surface area contributed by atoms with Crippen LogP contribution in [-0.4, -0.2) is 17.1 Å². The maximum absolute atomic E-state index is 6.07. The van der Waals surface area contributed by atoms with Crippen molar-refractivity contribution in [1.29, 1.82) is 0 Å². The van der Waals surface area contributed by atoms with Crippen molar-refractivity contribution in [3.8, 4) is 5.75 Å². The molecule has 134 valence electrons. The second-order valence-electron chi connectivity index (χ2n) is 5.67. The van der Waals surface area contributed by atoms with Crippen LogP contribution in [0.1, 0.15) is 11.3 Å². The summed E-state index contributed by atoms with van der Waals surface area (Å²) in [4.78, 5) is 8.93. The fraction of sp³-hybridized carbons (Fsp3) is 0.158. The Hall–Kier alpha value is -2.50. The number of nitrogens with one attached hydrogen (secondary N) is 2. The predicted octanol–water partition coefficient (Wildman–Crippen LogP) is 5.46. The van der Waals surface area contributed by atoms with E-state index in [2.05, 4.69) is 20.6 Å². The topological polar surface area (TPSA) is 59.1 Å². The largest absolute Gasteiger partial charge is 0.495 e. The third-order valence-corrected chi connectivity index (χ3v) is 4.14. The minimum Gasteiger partial charge on any atom is -0.495 e. The highest BCUT2D eigenvalue weighted by Crippen LogP contribution is 2.29. The summed E-state index contributed by atoms with van der Waals surface area (Å²) in [6.45, 7) is 2.54. The summed E-state index contributed by atoms with van der Waals surface area (Å²) < 4.78 is 5.34. The smallest absolute Gasteiger partial charge is 0.229 e. The molecule has 1 aromatic heterocycles. The van der Waals surface area contributed by atoms with Crippen LogP contribution in [0.3, 0.4) is 0 Å². The van der Waals surface area contributed by atoms with Crippen molar-refractivity contribution < 1.29 is 4.74 Å². The minimum atomic E-state index is 0.462. The third kappa shape index (κ3) is 4.77. The third-order valence-electron chi connectivity index (χ3n) is 3.65. The molecule has 0 fully saturated rings. The summed E-state index contributed by atoms with van der Waals surface area (Å²) in [6.07, 6.45) is 0. The Morgan fingerprint density at radius 2 is 1.69 bits per heavy atom. The van der Waals surface area contributed by atoms with Crippen molar-refractivity contribution in [2.24, 2.45) is 0 Å². The van der Waals surface area contributed by atoms with Crippen molar-refractivity contribution in [3.63, 3.8) is 0 Å². The lowest BCUT2D eigenvalue weighted by Gasteiger charge is -2.12. The van der Waals surface area contributed by atoms with Crippen LogP contribution in [-0.2, 0) is 6.54 Å². The highest BCUT2D eigenvalue weighted by Gasteiger charge is 2.08. The van der Waals surface area contributed by atoms with Gasteiger partial charge in [-0.1, -0.05) is 35.3 Å². The first-order valence-electron chi connectivity index (χ1n) is 7.98. The van der Waals surface area contributed by atoms with Gasteiger partial charge >= 0.3 is 0 Å². The van der Waals surface area contributed by atoms with Gasteiger partial charge in [-0.15, -0.1) is 0 Å². The molecule has 0 unspecified atom stereocenters. The number of hydrogen-bond acceptors (Lipinski definition) is 5. The van der Waals surface area contributed by atoms with Crippen LogP contribution in [0.5, 0.6) is 5.75 Å². The van der Waals surface area contributed by atoms with Crippen LogP contribution in [0.15, 0.2) is 48.5 Å². The maximum atomic E-state index is 6.07. The van der Waals surface area contributed by atoms with Crippen molar-refractivity contribution in [2.45, 2.75) is 13.5 Å². The van der Waals surface area contributed by atoms with E-state index in [4.69, 9.17) is 27.9 Å². The van der Waals surface area contributed by atoms with E-state index in [-0.39, 0.29) is 0 Å². The first-order chi connectivity index (χ1) is 12.5.